The lowest BCUT2D eigenvalue weighted by Gasteiger charge is -1.89. The minimum Gasteiger partial charge on any atom is -0.337 e. The van der Waals surface area contributed by atoms with E-state index in [4.69, 9.17) is 16.1 Å². The first-order valence-corrected chi connectivity index (χ1v) is 5.10. The third-order valence-corrected chi connectivity index (χ3v) is 2.58. The van der Waals surface area contributed by atoms with Crippen molar-refractivity contribution in [1.82, 2.24) is 10.1 Å². The summed E-state index contributed by atoms with van der Waals surface area (Å²) in [6.07, 6.45) is 0. The number of aromatic nitrogens is 2. The lowest BCUT2D eigenvalue weighted by molar-refractivity contribution is 0.379. The zero-order valence-electron chi connectivity index (χ0n) is 6.90. The molecular weight excluding hydrogens is 208 g/mol. The molecule has 13 heavy (non-hydrogen) atoms. The van der Waals surface area contributed by atoms with Crippen LogP contribution in [-0.4, -0.2) is 10.1 Å². The molecule has 3 nitrogen and oxygen atoms in total. The van der Waals surface area contributed by atoms with Gasteiger partial charge in [-0.15, -0.1) is 22.9 Å². The molecule has 0 unspecified atom stereocenters. The second kappa shape index (κ2) is 3.47. The zero-order chi connectivity index (χ0) is 9.26. The highest BCUT2D eigenvalue weighted by atomic mass is 35.5. The van der Waals surface area contributed by atoms with Crippen molar-refractivity contribution in [3.05, 3.63) is 23.4 Å². The average Bonchev–Trinajstić information content (AvgIpc) is 2.75. The Balaban J connectivity index is 2.33. The first-order valence-electron chi connectivity index (χ1n) is 3.79. The monoisotopic (exact) mass is 214 g/mol. The SMILES string of the molecule is C[C@H](Cl)c1nc(-c2cccs2)no1. The van der Waals surface area contributed by atoms with E-state index < -0.39 is 0 Å². The van der Waals surface area contributed by atoms with Crippen molar-refractivity contribution < 1.29 is 4.52 Å². The van der Waals surface area contributed by atoms with Crippen molar-refractivity contribution in [3.63, 3.8) is 0 Å². The van der Waals surface area contributed by atoms with Crippen molar-refractivity contribution in [3.8, 4) is 10.7 Å². The zero-order valence-corrected chi connectivity index (χ0v) is 8.47. The summed E-state index contributed by atoms with van der Waals surface area (Å²) < 4.78 is 4.96. The van der Waals surface area contributed by atoms with E-state index in [0.717, 1.165) is 4.88 Å². The van der Waals surface area contributed by atoms with Crippen molar-refractivity contribution in [2.24, 2.45) is 0 Å². The fraction of sp³-hybridized carbons (Fsp3) is 0.250. The van der Waals surface area contributed by atoms with Crippen LogP contribution < -0.4 is 0 Å². The number of thiophene rings is 1. The Morgan fingerprint density at radius 2 is 2.46 bits per heavy atom. The predicted molar refractivity (Wildman–Crippen MR) is 51.9 cm³/mol. The van der Waals surface area contributed by atoms with Gasteiger partial charge in [-0.25, -0.2) is 0 Å². The van der Waals surface area contributed by atoms with Crippen molar-refractivity contribution >= 4 is 22.9 Å². The van der Waals surface area contributed by atoms with E-state index in [0.29, 0.717) is 11.7 Å². The van der Waals surface area contributed by atoms with Crippen LogP contribution >= 0.6 is 22.9 Å². The summed E-state index contributed by atoms with van der Waals surface area (Å²) in [4.78, 5) is 5.15. The normalized spacial score (nSPS) is 13.1. The molecule has 0 fully saturated rings. The van der Waals surface area contributed by atoms with E-state index in [-0.39, 0.29) is 5.38 Å². The molecule has 2 heterocycles. The number of hydrogen-bond donors (Lipinski definition) is 0. The second-order valence-corrected chi connectivity index (χ2v) is 4.15. The molecule has 0 saturated carbocycles. The summed E-state index contributed by atoms with van der Waals surface area (Å²) in [7, 11) is 0. The fourth-order valence-electron chi connectivity index (χ4n) is 0.903. The minimum atomic E-state index is -0.235. The molecule has 0 spiro atoms. The maximum Gasteiger partial charge on any atom is 0.244 e. The number of nitrogens with zero attached hydrogens (tertiary/aromatic N) is 2. The smallest absolute Gasteiger partial charge is 0.244 e. The molecule has 0 aliphatic carbocycles. The average molecular weight is 215 g/mol. The summed E-state index contributed by atoms with van der Waals surface area (Å²) in [6, 6.07) is 3.89. The Labute approximate surface area is 84.3 Å². The fourth-order valence-corrected chi connectivity index (χ4v) is 1.64. The van der Waals surface area contributed by atoms with Gasteiger partial charge < -0.3 is 4.52 Å². The van der Waals surface area contributed by atoms with Gasteiger partial charge in [0.2, 0.25) is 11.7 Å². The van der Waals surface area contributed by atoms with Crippen molar-refractivity contribution in [2.75, 3.05) is 0 Å². The van der Waals surface area contributed by atoms with Crippen LogP contribution in [0.4, 0.5) is 0 Å². The molecule has 5 heteroatoms. The van der Waals surface area contributed by atoms with Crippen LogP contribution in [0.3, 0.4) is 0 Å². The number of halogens is 1. The molecule has 1 atom stereocenters. The van der Waals surface area contributed by atoms with E-state index >= 15 is 0 Å². The van der Waals surface area contributed by atoms with Gasteiger partial charge in [-0.1, -0.05) is 11.2 Å². The van der Waals surface area contributed by atoms with Gasteiger partial charge in [-0.2, -0.15) is 4.98 Å². The van der Waals surface area contributed by atoms with Crippen molar-refractivity contribution in [2.45, 2.75) is 12.3 Å². The molecule has 0 aliphatic rings. The van der Waals surface area contributed by atoms with Gasteiger partial charge in [0, 0.05) is 0 Å². The topological polar surface area (TPSA) is 38.9 Å². The van der Waals surface area contributed by atoms with Gasteiger partial charge in [0.05, 0.1) is 4.88 Å². The van der Waals surface area contributed by atoms with E-state index in [1.165, 1.54) is 0 Å². The first kappa shape index (κ1) is 8.72. The maximum atomic E-state index is 5.79. The molecule has 0 radical (unpaired) electrons. The van der Waals surface area contributed by atoms with Crippen LogP contribution in [-0.2, 0) is 0 Å². The second-order valence-electron chi connectivity index (χ2n) is 2.55. The lowest BCUT2D eigenvalue weighted by atomic mass is 10.4. The Kier molecular flexibility index (Phi) is 2.33. The molecule has 0 saturated heterocycles. The number of hydrogen-bond acceptors (Lipinski definition) is 4. The Morgan fingerprint density at radius 1 is 1.62 bits per heavy atom. The van der Waals surface area contributed by atoms with Gasteiger partial charge in [0.1, 0.15) is 5.38 Å². The van der Waals surface area contributed by atoms with E-state index in [1.807, 2.05) is 17.5 Å². The van der Waals surface area contributed by atoms with Gasteiger partial charge in [0.25, 0.3) is 0 Å². The van der Waals surface area contributed by atoms with Gasteiger partial charge in [-0.05, 0) is 18.4 Å². The largest absolute Gasteiger partial charge is 0.337 e. The molecule has 0 bridgehead atoms. The quantitative estimate of drug-likeness (QED) is 0.722. The molecule has 0 aliphatic heterocycles. The van der Waals surface area contributed by atoms with Crippen LogP contribution in [0.2, 0.25) is 0 Å². The molecule has 0 aromatic carbocycles. The third-order valence-electron chi connectivity index (χ3n) is 1.52. The van der Waals surface area contributed by atoms with Crippen LogP contribution in [0.5, 0.6) is 0 Å². The first-order chi connectivity index (χ1) is 6.27. The molecule has 0 amide bonds. The molecule has 2 aromatic heterocycles. The lowest BCUT2D eigenvalue weighted by Crippen LogP contribution is -1.82. The standard InChI is InChI=1S/C8H7ClN2OS/c1-5(9)8-10-7(11-12-8)6-3-2-4-13-6/h2-5H,1H3/t5-/m0/s1. The summed E-state index contributed by atoms with van der Waals surface area (Å²) >= 11 is 7.36. The van der Waals surface area contributed by atoms with Crippen LogP contribution in [0.1, 0.15) is 18.2 Å². The van der Waals surface area contributed by atoms with E-state index in [1.54, 1.807) is 18.3 Å². The van der Waals surface area contributed by atoms with Crippen LogP contribution in [0.15, 0.2) is 22.0 Å². The van der Waals surface area contributed by atoms with Gasteiger partial charge in [-0.3, -0.25) is 0 Å². The summed E-state index contributed by atoms with van der Waals surface area (Å²) in [5.41, 5.74) is 0. The molecule has 0 N–H and O–H groups in total. The van der Waals surface area contributed by atoms with Crippen LogP contribution in [0, 0.1) is 0 Å². The summed E-state index contributed by atoms with van der Waals surface area (Å²) in [5.74, 6) is 1.07. The molecule has 2 rings (SSSR count). The highest BCUT2D eigenvalue weighted by Gasteiger charge is 2.12. The summed E-state index contributed by atoms with van der Waals surface area (Å²) in [5, 5.41) is 5.55. The Morgan fingerprint density at radius 3 is 3.00 bits per heavy atom. The molecule has 2 aromatic rings. The highest BCUT2D eigenvalue weighted by Crippen LogP contribution is 2.24. The highest BCUT2D eigenvalue weighted by molar-refractivity contribution is 7.13. The summed E-state index contributed by atoms with van der Waals surface area (Å²) in [6.45, 7) is 1.80. The molecule has 68 valence electrons. The Bertz CT molecular complexity index is 383. The number of rotatable bonds is 2. The Hall–Kier alpha value is -0.870. The van der Waals surface area contributed by atoms with Gasteiger partial charge in [0.15, 0.2) is 0 Å². The molecular formula is C8H7ClN2OS. The van der Waals surface area contributed by atoms with E-state index in [2.05, 4.69) is 10.1 Å². The number of alkyl halides is 1. The minimum absolute atomic E-state index is 0.235. The van der Waals surface area contributed by atoms with E-state index in [9.17, 15) is 0 Å². The predicted octanol–water partition coefficient (Wildman–Crippen LogP) is 3.10. The maximum absolute atomic E-state index is 5.79. The van der Waals surface area contributed by atoms with Gasteiger partial charge >= 0.3 is 0 Å². The third kappa shape index (κ3) is 1.73. The van der Waals surface area contributed by atoms with Crippen LogP contribution in [0.25, 0.3) is 10.7 Å². The van der Waals surface area contributed by atoms with Crippen molar-refractivity contribution in [1.29, 1.82) is 0 Å².